The van der Waals surface area contributed by atoms with Crippen LogP contribution in [0, 0.1) is 3.57 Å². The zero-order valence-electron chi connectivity index (χ0n) is 8.92. The van der Waals surface area contributed by atoms with Gasteiger partial charge >= 0.3 is 0 Å². The number of anilines is 1. The van der Waals surface area contributed by atoms with Gasteiger partial charge in [-0.05, 0) is 53.6 Å². The van der Waals surface area contributed by atoms with Crippen molar-refractivity contribution in [1.82, 2.24) is 0 Å². The first-order valence-electron chi connectivity index (χ1n) is 5.56. The predicted molar refractivity (Wildman–Crippen MR) is 76.1 cm³/mol. The minimum Gasteiger partial charge on any atom is -0.391 e. The second-order valence-electron chi connectivity index (χ2n) is 4.23. The Morgan fingerprint density at radius 3 is 2.75 bits per heavy atom. The van der Waals surface area contributed by atoms with E-state index >= 15 is 0 Å². The molecule has 1 aliphatic rings. The molecule has 1 aromatic carbocycles. The van der Waals surface area contributed by atoms with Gasteiger partial charge in [-0.1, -0.05) is 24.4 Å². The third-order valence-corrected chi connectivity index (χ3v) is 3.99. The van der Waals surface area contributed by atoms with Gasteiger partial charge in [-0.25, -0.2) is 0 Å². The molecule has 2 N–H and O–H groups in total. The number of rotatable bonds is 2. The number of aliphatic hydroxyl groups excluding tert-OH is 1. The fourth-order valence-electron chi connectivity index (χ4n) is 2.09. The molecule has 2 nitrogen and oxygen atoms in total. The molecule has 0 saturated heterocycles. The van der Waals surface area contributed by atoms with Crippen LogP contribution < -0.4 is 5.32 Å². The summed E-state index contributed by atoms with van der Waals surface area (Å²) in [5, 5.41) is 13.9. The molecule has 1 saturated carbocycles. The maximum atomic E-state index is 9.87. The molecule has 1 fully saturated rings. The van der Waals surface area contributed by atoms with Gasteiger partial charge in [-0.3, -0.25) is 0 Å². The number of halogens is 2. The van der Waals surface area contributed by atoms with E-state index in [9.17, 15) is 5.11 Å². The topological polar surface area (TPSA) is 32.3 Å². The first-order chi connectivity index (χ1) is 7.66. The number of aliphatic hydroxyl groups is 1. The van der Waals surface area contributed by atoms with Crippen LogP contribution in [0.25, 0.3) is 0 Å². The zero-order valence-corrected chi connectivity index (χ0v) is 11.8. The number of hydrogen-bond acceptors (Lipinski definition) is 2. The van der Waals surface area contributed by atoms with E-state index in [0.29, 0.717) is 0 Å². The first-order valence-corrected chi connectivity index (χ1v) is 7.02. The molecule has 2 rings (SSSR count). The van der Waals surface area contributed by atoms with E-state index in [4.69, 9.17) is 11.6 Å². The van der Waals surface area contributed by atoms with E-state index < -0.39 is 0 Å². The maximum Gasteiger partial charge on any atom is 0.0741 e. The minimum atomic E-state index is -0.246. The first kappa shape index (κ1) is 12.5. The molecule has 16 heavy (non-hydrogen) atoms. The van der Waals surface area contributed by atoms with Gasteiger partial charge in [-0.15, -0.1) is 0 Å². The Kier molecular flexibility index (Phi) is 4.33. The van der Waals surface area contributed by atoms with Gasteiger partial charge in [0, 0.05) is 3.57 Å². The SMILES string of the molecule is O[C@@H]1CCCC[C@H]1Nc1ccc(I)cc1Cl. The summed E-state index contributed by atoms with van der Waals surface area (Å²) in [6.45, 7) is 0. The highest BCUT2D eigenvalue weighted by atomic mass is 127. The third kappa shape index (κ3) is 3.02. The molecule has 0 unspecified atom stereocenters. The van der Waals surface area contributed by atoms with Gasteiger partial charge in [0.1, 0.15) is 0 Å². The molecule has 2 atom stereocenters. The Morgan fingerprint density at radius 1 is 1.31 bits per heavy atom. The van der Waals surface area contributed by atoms with E-state index in [0.717, 1.165) is 33.5 Å². The predicted octanol–water partition coefficient (Wildman–Crippen LogP) is 3.66. The van der Waals surface area contributed by atoms with E-state index in [1.807, 2.05) is 18.2 Å². The fourth-order valence-corrected chi connectivity index (χ4v) is 3.00. The summed E-state index contributed by atoms with van der Waals surface area (Å²) in [5.41, 5.74) is 0.924. The van der Waals surface area contributed by atoms with Crippen LogP contribution in [0.15, 0.2) is 18.2 Å². The molecule has 0 amide bonds. The Labute approximate surface area is 115 Å². The highest BCUT2D eigenvalue weighted by Gasteiger charge is 2.23. The molecule has 1 aromatic rings. The van der Waals surface area contributed by atoms with E-state index in [2.05, 4.69) is 27.9 Å². The van der Waals surface area contributed by atoms with Crippen molar-refractivity contribution in [2.24, 2.45) is 0 Å². The molecule has 0 radical (unpaired) electrons. The van der Waals surface area contributed by atoms with Crippen LogP contribution in [-0.4, -0.2) is 17.3 Å². The lowest BCUT2D eigenvalue weighted by Crippen LogP contribution is -2.36. The average molecular weight is 352 g/mol. The Hall–Kier alpha value is -0.0000000000000000555. The van der Waals surface area contributed by atoms with Gasteiger partial charge in [0.2, 0.25) is 0 Å². The Morgan fingerprint density at radius 2 is 2.06 bits per heavy atom. The highest BCUT2D eigenvalue weighted by molar-refractivity contribution is 14.1. The van der Waals surface area contributed by atoms with Crippen LogP contribution in [0.3, 0.4) is 0 Å². The Balaban J connectivity index is 2.07. The smallest absolute Gasteiger partial charge is 0.0741 e. The summed E-state index contributed by atoms with van der Waals surface area (Å²) in [5.74, 6) is 0. The van der Waals surface area contributed by atoms with Crippen LogP contribution in [-0.2, 0) is 0 Å². The number of benzene rings is 1. The minimum absolute atomic E-state index is 0.145. The molecule has 0 aromatic heterocycles. The summed E-state index contributed by atoms with van der Waals surface area (Å²) in [6.07, 6.45) is 3.96. The fraction of sp³-hybridized carbons (Fsp3) is 0.500. The van der Waals surface area contributed by atoms with Crippen molar-refractivity contribution >= 4 is 39.9 Å². The van der Waals surface area contributed by atoms with Crippen molar-refractivity contribution in [3.63, 3.8) is 0 Å². The van der Waals surface area contributed by atoms with Crippen molar-refractivity contribution in [3.05, 3.63) is 26.8 Å². The van der Waals surface area contributed by atoms with Crippen LogP contribution in [0.1, 0.15) is 25.7 Å². The number of hydrogen-bond donors (Lipinski definition) is 2. The second-order valence-corrected chi connectivity index (χ2v) is 5.88. The molecule has 4 heteroatoms. The molecule has 0 bridgehead atoms. The van der Waals surface area contributed by atoms with Crippen LogP contribution in [0.4, 0.5) is 5.69 Å². The van der Waals surface area contributed by atoms with Crippen LogP contribution in [0.5, 0.6) is 0 Å². The second kappa shape index (κ2) is 5.56. The van der Waals surface area contributed by atoms with Gasteiger partial charge < -0.3 is 10.4 Å². The van der Waals surface area contributed by atoms with E-state index in [-0.39, 0.29) is 12.1 Å². The van der Waals surface area contributed by atoms with Gasteiger partial charge in [0.15, 0.2) is 0 Å². The summed E-state index contributed by atoms with van der Waals surface area (Å²) >= 11 is 8.38. The molecular formula is C12H15ClINO. The Bertz CT molecular complexity index is 372. The summed E-state index contributed by atoms with van der Waals surface area (Å²) in [7, 11) is 0. The van der Waals surface area contributed by atoms with E-state index in [1.165, 1.54) is 6.42 Å². The molecule has 0 spiro atoms. The summed E-state index contributed by atoms with van der Waals surface area (Å²) < 4.78 is 1.12. The monoisotopic (exact) mass is 351 g/mol. The summed E-state index contributed by atoms with van der Waals surface area (Å²) in [4.78, 5) is 0. The van der Waals surface area contributed by atoms with Gasteiger partial charge in [0.05, 0.1) is 22.9 Å². The lowest BCUT2D eigenvalue weighted by Gasteiger charge is -2.29. The summed E-state index contributed by atoms with van der Waals surface area (Å²) in [6, 6.07) is 6.07. The molecule has 1 aliphatic carbocycles. The standard InChI is InChI=1S/C12H15ClINO/c13-9-7-8(14)5-6-10(9)15-11-3-1-2-4-12(11)16/h5-7,11-12,15-16H,1-4H2/t11-,12-/m1/s1. The van der Waals surface area contributed by atoms with Gasteiger partial charge in [0.25, 0.3) is 0 Å². The van der Waals surface area contributed by atoms with Crippen molar-refractivity contribution < 1.29 is 5.11 Å². The van der Waals surface area contributed by atoms with Crippen molar-refractivity contribution in [1.29, 1.82) is 0 Å². The van der Waals surface area contributed by atoms with Crippen molar-refractivity contribution in [2.45, 2.75) is 37.8 Å². The number of nitrogens with one attached hydrogen (secondary N) is 1. The largest absolute Gasteiger partial charge is 0.391 e. The van der Waals surface area contributed by atoms with Crippen LogP contribution in [0.2, 0.25) is 5.02 Å². The highest BCUT2D eigenvalue weighted by Crippen LogP contribution is 2.28. The van der Waals surface area contributed by atoms with Crippen molar-refractivity contribution in [3.8, 4) is 0 Å². The van der Waals surface area contributed by atoms with Gasteiger partial charge in [-0.2, -0.15) is 0 Å². The van der Waals surface area contributed by atoms with Crippen LogP contribution >= 0.6 is 34.2 Å². The molecule has 0 heterocycles. The lowest BCUT2D eigenvalue weighted by atomic mass is 9.92. The molecular weight excluding hydrogens is 336 g/mol. The third-order valence-electron chi connectivity index (χ3n) is 3.00. The normalized spacial score (nSPS) is 25.4. The zero-order chi connectivity index (χ0) is 11.5. The van der Waals surface area contributed by atoms with Crippen molar-refractivity contribution in [2.75, 3.05) is 5.32 Å². The average Bonchev–Trinajstić information content (AvgIpc) is 2.25. The quantitative estimate of drug-likeness (QED) is 0.797. The maximum absolute atomic E-state index is 9.87. The molecule has 0 aliphatic heterocycles. The lowest BCUT2D eigenvalue weighted by molar-refractivity contribution is 0.116. The van der Waals surface area contributed by atoms with E-state index in [1.54, 1.807) is 0 Å². The molecule has 88 valence electrons.